The molecule has 0 N–H and O–H groups in total. The molecule has 0 radical (unpaired) electrons. The first kappa shape index (κ1) is 18.5. The van der Waals surface area contributed by atoms with Crippen LogP contribution in [0.5, 0.6) is 5.75 Å². The number of nitrogens with zero attached hydrogens (tertiary/aromatic N) is 2. The molecule has 0 amide bonds. The quantitative estimate of drug-likeness (QED) is 0.683. The van der Waals surface area contributed by atoms with Crippen LogP contribution in [0.15, 0.2) is 36.7 Å². The second-order valence-electron chi connectivity index (χ2n) is 7.09. The van der Waals surface area contributed by atoms with E-state index in [0.29, 0.717) is 18.2 Å². The lowest BCUT2D eigenvalue weighted by molar-refractivity contribution is 0.314. The summed E-state index contributed by atoms with van der Waals surface area (Å²) < 4.78 is 5.48. The first-order valence-electron chi connectivity index (χ1n) is 9.85. The fraction of sp³-hybridized carbons (Fsp3) is 0.478. The summed E-state index contributed by atoms with van der Waals surface area (Å²) in [5.74, 6) is 9.06. The Morgan fingerprint density at radius 1 is 0.962 bits per heavy atom. The summed E-state index contributed by atoms with van der Waals surface area (Å²) in [5, 5.41) is 0. The van der Waals surface area contributed by atoms with Crippen molar-refractivity contribution < 1.29 is 4.74 Å². The highest BCUT2D eigenvalue weighted by molar-refractivity contribution is 5.40. The summed E-state index contributed by atoms with van der Waals surface area (Å²) >= 11 is 0. The van der Waals surface area contributed by atoms with Gasteiger partial charge < -0.3 is 4.74 Å². The minimum atomic E-state index is 0.524. The molecule has 1 heterocycles. The Balaban J connectivity index is 1.59. The molecule has 2 aromatic rings. The van der Waals surface area contributed by atoms with Crippen LogP contribution in [0.25, 0.3) is 0 Å². The molecule has 0 unspecified atom stereocenters. The van der Waals surface area contributed by atoms with Crippen molar-refractivity contribution in [2.75, 3.05) is 6.61 Å². The molecule has 3 rings (SSSR count). The predicted octanol–water partition coefficient (Wildman–Crippen LogP) is 5.35. The average Bonchev–Trinajstić information content (AvgIpc) is 2.72. The zero-order valence-electron chi connectivity index (χ0n) is 15.9. The van der Waals surface area contributed by atoms with Crippen LogP contribution in [0.4, 0.5) is 0 Å². The highest BCUT2D eigenvalue weighted by Gasteiger charge is 2.20. The maximum absolute atomic E-state index is 5.48. The van der Waals surface area contributed by atoms with Crippen molar-refractivity contribution in [3.05, 3.63) is 53.6 Å². The predicted molar refractivity (Wildman–Crippen MR) is 105 cm³/mol. The number of benzene rings is 1. The van der Waals surface area contributed by atoms with Crippen LogP contribution in [0.2, 0.25) is 0 Å². The third kappa shape index (κ3) is 5.08. The molecule has 136 valence electrons. The minimum absolute atomic E-state index is 0.524. The molecule has 1 aliphatic rings. The molecule has 0 atom stereocenters. The molecule has 26 heavy (non-hydrogen) atoms. The zero-order chi connectivity index (χ0) is 18.2. The highest BCUT2D eigenvalue weighted by atomic mass is 16.5. The van der Waals surface area contributed by atoms with Gasteiger partial charge in [0.2, 0.25) is 5.82 Å². The molecule has 0 spiro atoms. The van der Waals surface area contributed by atoms with E-state index in [2.05, 4.69) is 59.9 Å². The lowest BCUT2D eigenvalue weighted by atomic mass is 9.78. The van der Waals surface area contributed by atoms with Crippen molar-refractivity contribution in [1.82, 2.24) is 9.97 Å². The molecule has 1 aromatic carbocycles. The van der Waals surface area contributed by atoms with Gasteiger partial charge in [-0.25, -0.2) is 9.97 Å². The normalized spacial score (nSPS) is 19.5. The molecule has 3 nitrogen and oxygen atoms in total. The van der Waals surface area contributed by atoms with Crippen LogP contribution in [-0.4, -0.2) is 16.6 Å². The summed E-state index contributed by atoms with van der Waals surface area (Å²) in [6, 6.07) is 8.72. The van der Waals surface area contributed by atoms with Gasteiger partial charge in [-0.1, -0.05) is 38.3 Å². The zero-order valence-corrected chi connectivity index (χ0v) is 15.9. The van der Waals surface area contributed by atoms with E-state index in [4.69, 9.17) is 4.74 Å². The Hall–Kier alpha value is -2.34. The van der Waals surface area contributed by atoms with Crippen molar-refractivity contribution in [2.45, 2.75) is 58.3 Å². The Bertz CT molecular complexity index is 733. The SMILES string of the molecule is CCCOc1cnc(C#Cc2ccc(C3CCC(CC)CC3)cc2)nc1. The smallest absolute Gasteiger partial charge is 0.205 e. The van der Waals surface area contributed by atoms with Crippen molar-refractivity contribution in [3.8, 4) is 17.6 Å². The molecule has 1 aromatic heterocycles. The summed E-state index contributed by atoms with van der Waals surface area (Å²) in [4.78, 5) is 8.49. The van der Waals surface area contributed by atoms with Gasteiger partial charge in [0.15, 0.2) is 5.75 Å². The van der Waals surface area contributed by atoms with E-state index >= 15 is 0 Å². The Kier molecular flexibility index (Phi) is 6.66. The monoisotopic (exact) mass is 348 g/mol. The van der Waals surface area contributed by atoms with Gasteiger partial charge in [-0.3, -0.25) is 0 Å². The van der Waals surface area contributed by atoms with Crippen LogP contribution in [-0.2, 0) is 0 Å². The molecule has 1 aliphatic carbocycles. The van der Waals surface area contributed by atoms with Crippen LogP contribution in [0.3, 0.4) is 0 Å². The van der Waals surface area contributed by atoms with Crippen LogP contribution in [0, 0.1) is 17.8 Å². The largest absolute Gasteiger partial charge is 0.490 e. The van der Waals surface area contributed by atoms with Crippen molar-refractivity contribution in [3.63, 3.8) is 0 Å². The molecular formula is C23H28N2O. The second kappa shape index (κ2) is 9.38. The first-order valence-corrected chi connectivity index (χ1v) is 9.85. The average molecular weight is 348 g/mol. The molecule has 3 heteroatoms. The van der Waals surface area contributed by atoms with Crippen LogP contribution >= 0.6 is 0 Å². The fourth-order valence-corrected chi connectivity index (χ4v) is 3.55. The van der Waals surface area contributed by atoms with E-state index in [9.17, 15) is 0 Å². The van der Waals surface area contributed by atoms with E-state index in [1.165, 1.54) is 37.7 Å². The molecule has 1 saturated carbocycles. The Morgan fingerprint density at radius 3 is 2.27 bits per heavy atom. The van der Waals surface area contributed by atoms with Crippen molar-refractivity contribution in [2.24, 2.45) is 5.92 Å². The highest BCUT2D eigenvalue weighted by Crippen LogP contribution is 2.36. The maximum atomic E-state index is 5.48. The van der Waals surface area contributed by atoms with Gasteiger partial charge in [-0.2, -0.15) is 0 Å². The summed E-state index contributed by atoms with van der Waals surface area (Å²) in [6.07, 6.45) is 11.1. The third-order valence-electron chi connectivity index (χ3n) is 5.23. The van der Waals surface area contributed by atoms with Gasteiger partial charge in [-0.05, 0) is 67.6 Å². The Morgan fingerprint density at radius 2 is 1.65 bits per heavy atom. The molecule has 0 aliphatic heterocycles. The molecule has 1 fully saturated rings. The summed E-state index contributed by atoms with van der Waals surface area (Å²) in [6.45, 7) is 5.07. The van der Waals surface area contributed by atoms with Gasteiger partial charge in [0, 0.05) is 5.56 Å². The van der Waals surface area contributed by atoms with Gasteiger partial charge >= 0.3 is 0 Å². The molecule has 0 saturated heterocycles. The number of hydrogen-bond donors (Lipinski definition) is 0. The van der Waals surface area contributed by atoms with Gasteiger partial charge in [0.25, 0.3) is 0 Å². The molecule has 0 bridgehead atoms. The maximum Gasteiger partial charge on any atom is 0.205 e. The van der Waals surface area contributed by atoms with E-state index < -0.39 is 0 Å². The number of rotatable bonds is 5. The lowest BCUT2D eigenvalue weighted by Gasteiger charge is -2.28. The van der Waals surface area contributed by atoms with Gasteiger partial charge in [0.1, 0.15) is 0 Å². The first-order chi connectivity index (χ1) is 12.8. The van der Waals surface area contributed by atoms with Crippen molar-refractivity contribution in [1.29, 1.82) is 0 Å². The van der Waals surface area contributed by atoms with E-state index in [1.807, 2.05) is 0 Å². The number of hydrogen-bond acceptors (Lipinski definition) is 3. The van der Waals surface area contributed by atoms with E-state index in [0.717, 1.165) is 23.8 Å². The topological polar surface area (TPSA) is 35.0 Å². The number of aromatic nitrogens is 2. The third-order valence-corrected chi connectivity index (χ3v) is 5.23. The molecular weight excluding hydrogens is 320 g/mol. The standard InChI is InChI=1S/C23H28N2O/c1-3-15-26-22-16-24-23(25-17-22)14-9-19-7-12-21(13-8-19)20-10-5-18(4-2)6-11-20/h7-8,12-13,16-18,20H,3-6,10-11,15H2,1-2H3. The number of ether oxygens (including phenoxy) is 1. The fourth-order valence-electron chi connectivity index (χ4n) is 3.55. The van der Waals surface area contributed by atoms with Crippen LogP contribution < -0.4 is 4.74 Å². The Labute approximate surface area is 157 Å². The van der Waals surface area contributed by atoms with E-state index in [-0.39, 0.29) is 0 Å². The van der Waals surface area contributed by atoms with Crippen molar-refractivity contribution >= 4 is 0 Å². The lowest BCUT2D eigenvalue weighted by Crippen LogP contribution is -2.12. The van der Waals surface area contributed by atoms with Gasteiger partial charge in [-0.15, -0.1) is 0 Å². The van der Waals surface area contributed by atoms with E-state index in [1.54, 1.807) is 12.4 Å². The second-order valence-corrected chi connectivity index (χ2v) is 7.09. The minimum Gasteiger partial charge on any atom is -0.490 e. The van der Waals surface area contributed by atoms with Crippen LogP contribution in [0.1, 0.15) is 75.2 Å². The van der Waals surface area contributed by atoms with Gasteiger partial charge in [0.05, 0.1) is 19.0 Å². The summed E-state index contributed by atoms with van der Waals surface area (Å²) in [7, 11) is 0. The summed E-state index contributed by atoms with van der Waals surface area (Å²) in [5.41, 5.74) is 2.46.